The van der Waals surface area contributed by atoms with Crippen molar-refractivity contribution in [2.24, 2.45) is 0 Å². The first kappa shape index (κ1) is 15.7. The first-order valence-corrected chi connectivity index (χ1v) is 7.36. The quantitative estimate of drug-likeness (QED) is 0.726. The van der Waals surface area contributed by atoms with Crippen LogP contribution in [-0.2, 0) is 4.79 Å². The van der Waals surface area contributed by atoms with Crippen molar-refractivity contribution in [1.29, 1.82) is 0 Å². The number of anilines is 1. The van der Waals surface area contributed by atoms with Crippen LogP contribution in [0.1, 0.15) is 20.8 Å². The van der Waals surface area contributed by atoms with Gasteiger partial charge in [0.15, 0.2) is 4.34 Å². The van der Waals surface area contributed by atoms with E-state index in [9.17, 15) is 9.59 Å². The predicted octanol–water partition coefficient (Wildman–Crippen LogP) is 1.30. The summed E-state index contributed by atoms with van der Waals surface area (Å²) in [6.07, 6.45) is 0. The minimum absolute atomic E-state index is 0.0853. The average Bonchev–Trinajstić information content (AvgIpc) is 2.71. The third kappa shape index (κ3) is 6.39. The second-order valence-electron chi connectivity index (χ2n) is 4.66. The Balaban J connectivity index is 2.42. The molecular weight excluding hydrogens is 286 g/mol. The van der Waals surface area contributed by atoms with Crippen LogP contribution in [0.15, 0.2) is 4.34 Å². The summed E-state index contributed by atoms with van der Waals surface area (Å²) in [6, 6.07) is -0.516. The number of rotatable bonds is 4. The number of amides is 3. The maximum absolute atomic E-state index is 11.4. The number of imide groups is 1. The highest BCUT2D eigenvalue weighted by Gasteiger charge is 2.14. The van der Waals surface area contributed by atoms with Gasteiger partial charge in [-0.3, -0.25) is 10.1 Å². The molecule has 1 rings (SSSR count). The summed E-state index contributed by atoms with van der Waals surface area (Å²) in [7, 11) is 1.45. The van der Waals surface area contributed by atoms with Gasteiger partial charge < -0.3 is 10.6 Å². The van der Waals surface area contributed by atoms with Crippen molar-refractivity contribution in [3.8, 4) is 0 Å². The van der Waals surface area contributed by atoms with Gasteiger partial charge in [0.1, 0.15) is 0 Å². The van der Waals surface area contributed by atoms with Gasteiger partial charge in [0.25, 0.3) is 0 Å². The lowest BCUT2D eigenvalue weighted by atomic mass is 10.1. The average molecular weight is 303 g/mol. The molecule has 3 N–H and O–H groups in total. The van der Waals surface area contributed by atoms with Crippen LogP contribution in [-0.4, -0.2) is 40.5 Å². The highest BCUT2D eigenvalue weighted by Crippen LogP contribution is 2.26. The molecule has 0 saturated carbocycles. The van der Waals surface area contributed by atoms with E-state index in [1.807, 2.05) is 20.8 Å². The normalized spacial score (nSPS) is 10.9. The van der Waals surface area contributed by atoms with Gasteiger partial charge in [0.05, 0.1) is 5.75 Å². The number of hydrogen-bond donors (Lipinski definition) is 3. The number of carbonyl (C=O) groups excluding carboxylic acids is 2. The highest BCUT2D eigenvalue weighted by atomic mass is 32.2. The minimum Gasteiger partial charge on any atom is -0.355 e. The molecule has 0 atom stereocenters. The molecule has 0 saturated heterocycles. The van der Waals surface area contributed by atoms with Crippen molar-refractivity contribution in [3.05, 3.63) is 0 Å². The molecule has 0 aliphatic carbocycles. The number of nitrogens with one attached hydrogen (secondary N) is 3. The monoisotopic (exact) mass is 303 g/mol. The lowest BCUT2D eigenvalue weighted by Gasteiger charge is -2.18. The van der Waals surface area contributed by atoms with Crippen LogP contribution >= 0.6 is 23.1 Å². The van der Waals surface area contributed by atoms with E-state index in [0.717, 1.165) is 0 Å². The third-order valence-electron chi connectivity index (χ3n) is 1.70. The van der Waals surface area contributed by atoms with Crippen molar-refractivity contribution < 1.29 is 9.59 Å². The molecule has 1 aromatic rings. The Hall–Kier alpha value is -1.35. The fourth-order valence-electron chi connectivity index (χ4n) is 0.992. The van der Waals surface area contributed by atoms with Crippen LogP contribution in [0.25, 0.3) is 0 Å². The molecule has 3 amide bonds. The van der Waals surface area contributed by atoms with E-state index in [1.54, 1.807) is 0 Å². The number of urea groups is 1. The summed E-state index contributed by atoms with van der Waals surface area (Å²) >= 11 is 2.62. The Morgan fingerprint density at radius 1 is 1.32 bits per heavy atom. The molecule has 0 aromatic carbocycles. The number of thioether (sulfide) groups is 1. The van der Waals surface area contributed by atoms with Gasteiger partial charge in [-0.05, 0) is 20.8 Å². The van der Waals surface area contributed by atoms with Crippen molar-refractivity contribution >= 4 is 40.2 Å². The highest BCUT2D eigenvalue weighted by molar-refractivity contribution is 8.01. The van der Waals surface area contributed by atoms with Gasteiger partial charge in [-0.1, -0.05) is 23.1 Å². The van der Waals surface area contributed by atoms with Gasteiger partial charge in [-0.15, -0.1) is 10.2 Å². The van der Waals surface area contributed by atoms with Crippen molar-refractivity contribution in [3.63, 3.8) is 0 Å². The molecule has 0 bridgehead atoms. The first-order valence-electron chi connectivity index (χ1n) is 5.56. The lowest BCUT2D eigenvalue weighted by Crippen LogP contribution is -2.38. The number of hydrogen-bond acceptors (Lipinski definition) is 7. The van der Waals surface area contributed by atoms with Crippen LogP contribution < -0.4 is 16.0 Å². The van der Waals surface area contributed by atoms with Gasteiger partial charge in [-0.25, -0.2) is 4.79 Å². The van der Waals surface area contributed by atoms with Crippen LogP contribution in [0.3, 0.4) is 0 Å². The maximum Gasteiger partial charge on any atom is 0.321 e. The van der Waals surface area contributed by atoms with Crippen molar-refractivity contribution in [2.45, 2.75) is 30.6 Å². The summed E-state index contributed by atoms with van der Waals surface area (Å²) in [5.41, 5.74) is -0.0853. The second kappa shape index (κ2) is 6.71. The number of carbonyl (C=O) groups is 2. The van der Waals surface area contributed by atoms with E-state index < -0.39 is 6.03 Å². The summed E-state index contributed by atoms with van der Waals surface area (Å²) in [4.78, 5) is 22.3. The molecule has 0 aliphatic rings. The standard InChI is InChI=1S/C10H17N5O2S2/c1-10(2,3)13-8-14-15-9(19-8)18-5-6(16)12-7(17)11-4/h5H2,1-4H3,(H,13,14)(H2,11,12,16,17). The van der Waals surface area contributed by atoms with Gasteiger partial charge in [-0.2, -0.15) is 0 Å². The van der Waals surface area contributed by atoms with E-state index in [1.165, 1.54) is 30.1 Å². The number of nitrogens with zero attached hydrogens (tertiary/aromatic N) is 2. The van der Waals surface area contributed by atoms with E-state index in [-0.39, 0.29) is 17.2 Å². The topological polar surface area (TPSA) is 96.0 Å². The molecule has 106 valence electrons. The molecular formula is C10H17N5O2S2. The lowest BCUT2D eigenvalue weighted by molar-refractivity contribution is -0.117. The minimum atomic E-state index is -0.516. The van der Waals surface area contributed by atoms with Crippen molar-refractivity contribution in [1.82, 2.24) is 20.8 Å². The van der Waals surface area contributed by atoms with Crippen LogP contribution in [0.2, 0.25) is 0 Å². The molecule has 0 radical (unpaired) electrons. The second-order valence-corrected chi connectivity index (χ2v) is 6.86. The first-order chi connectivity index (χ1) is 8.80. The Kier molecular flexibility index (Phi) is 5.55. The van der Waals surface area contributed by atoms with Crippen LogP contribution in [0.4, 0.5) is 9.93 Å². The molecule has 9 heteroatoms. The van der Waals surface area contributed by atoms with Crippen LogP contribution in [0.5, 0.6) is 0 Å². The maximum atomic E-state index is 11.4. The number of aromatic nitrogens is 2. The molecule has 1 aromatic heterocycles. The zero-order chi connectivity index (χ0) is 14.5. The molecule has 19 heavy (non-hydrogen) atoms. The Labute approximate surface area is 119 Å². The summed E-state index contributed by atoms with van der Waals surface area (Å²) in [5.74, 6) is -0.248. The van der Waals surface area contributed by atoms with Crippen molar-refractivity contribution in [2.75, 3.05) is 18.1 Å². The summed E-state index contributed by atoms with van der Waals surface area (Å²) < 4.78 is 0.679. The largest absolute Gasteiger partial charge is 0.355 e. The SMILES string of the molecule is CNC(=O)NC(=O)CSc1nnc(NC(C)(C)C)s1. The summed E-state index contributed by atoms with van der Waals surface area (Å²) in [5, 5.41) is 16.3. The zero-order valence-electron chi connectivity index (χ0n) is 11.2. The smallest absolute Gasteiger partial charge is 0.321 e. The fraction of sp³-hybridized carbons (Fsp3) is 0.600. The van der Waals surface area contributed by atoms with E-state index >= 15 is 0 Å². The van der Waals surface area contributed by atoms with Crippen LogP contribution in [0, 0.1) is 0 Å². The van der Waals surface area contributed by atoms with E-state index in [2.05, 4.69) is 26.1 Å². The molecule has 0 unspecified atom stereocenters. The van der Waals surface area contributed by atoms with E-state index in [4.69, 9.17) is 0 Å². The van der Waals surface area contributed by atoms with Gasteiger partial charge >= 0.3 is 6.03 Å². The predicted molar refractivity (Wildman–Crippen MR) is 76.6 cm³/mol. The Bertz CT molecular complexity index is 455. The molecule has 0 fully saturated rings. The van der Waals surface area contributed by atoms with Gasteiger partial charge in [0.2, 0.25) is 11.0 Å². The van der Waals surface area contributed by atoms with E-state index in [0.29, 0.717) is 9.47 Å². The third-order valence-corrected chi connectivity index (χ3v) is 3.67. The molecule has 7 nitrogen and oxygen atoms in total. The van der Waals surface area contributed by atoms with Gasteiger partial charge in [0, 0.05) is 12.6 Å². The molecule has 0 spiro atoms. The fourth-order valence-corrected chi connectivity index (χ4v) is 2.75. The molecule has 0 aliphatic heterocycles. The Morgan fingerprint density at radius 3 is 2.58 bits per heavy atom. The molecule has 1 heterocycles. The Morgan fingerprint density at radius 2 is 2.00 bits per heavy atom. The zero-order valence-corrected chi connectivity index (χ0v) is 12.9. The summed E-state index contributed by atoms with van der Waals surface area (Å²) in [6.45, 7) is 6.08.